The molecule has 0 spiro atoms. The molecule has 0 unspecified atom stereocenters. The Bertz CT molecular complexity index is 1320. The molecule has 150 valence electrons. The van der Waals surface area contributed by atoms with Crippen LogP contribution < -0.4 is 14.3 Å². The number of nitrogens with zero attached hydrogens (tertiary/aromatic N) is 1. The molecule has 8 heteroatoms. The van der Waals surface area contributed by atoms with E-state index in [1.807, 2.05) is 0 Å². The largest absolute Gasteiger partial charge is 0.506 e. The first-order chi connectivity index (χ1) is 14.5. The van der Waals surface area contributed by atoms with Crippen LogP contribution in [0.2, 0.25) is 0 Å². The summed E-state index contributed by atoms with van der Waals surface area (Å²) in [4.78, 5) is 12.3. The van der Waals surface area contributed by atoms with Gasteiger partial charge in [-0.25, -0.2) is 0 Å². The van der Waals surface area contributed by atoms with Crippen molar-refractivity contribution >= 4 is 32.5 Å². The highest BCUT2D eigenvalue weighted by Crippen LogP contribution is 2.37. The molecule has 0 bridgehead atoms. The van der Waals surface area contributed by atoms with Crippen LogP contribution in [0.4, 0.5) is 5.69 Å². The number of pyridine rings is 1. The van der Waals surface area contributed by atoms with Crippen molar-refractivity contribution in [2.75, 3.05) is 5.32 Å². The second-order valence-electron chi connectivity index (χ2n) is 6.40. The van der Waals surface area contributed by atoms with Gasteiger partial charge in [0.05, 0.1) is 5.69 Å². The van der Waals surface area contributed by atoms with Crippen molar-refractivity contribution in [3.8, 4) is 5.75 Å². The maximum atomic E-state index is 12.9. The van der Waals surface area contributed by atoms with Crippen molar-refractivity contribution in [1.29, 1.82) is 0 Å². The number of aromatic hydroxyl groups is 1. The number of fused-ring (bicyclic) bond motifs is 1. The van der Waals surface area contributed by atoms with Gasteiger partial charge in [-0.3, -0.25) is 4.79 Å². The molecule has 4 aromatic rings. The van der Waals surface area contributed by atoms with Gasteiger partial charge in [-0.1, -0.05) is 48.5 Å². The molecule has 1 heterocycles. The lowest BCUT2D eigenvalue weighted by Crippen LogP contribution is -2.44. The van der Waals surface area contributed by atoms with Crippen molar-refractivity contribution < 1.29 is 27.3 Å². The number of aromatic nitrogens is 1. The number of phenols is 1. The number of anilines is 1. The summed E-state index contributed by atoms with van der Waals surface area (Å²) < 4.78 is 31.9. The Hall–Kier alpha value is -3.91. The van der Waals surface area contributed by atoms with E-state index in [-0.39, 0.29) is 10.6 Å². The SMILES string of the molecule is O=C(Nc1c(O)cc(S(=O)(=O)O[n+]2ccccc2)c2ccccc12)c1ccccc1. The molecule has 0 radical (unpaired) electrons. The average molecular weight is 421 g/mol. The summed E-state index contributed by atoms with van der Waals surface area (Å²) in [7, 11) is -4.27. The second-order valence-corrected chi connectivity index (χ2v) is 7.90. The maximum Gasteiger partial charge on any atom is 0.396 e. The lowest BCUT2D eigenvalue weighted by atomic mass is 10.1. The lowest BCUT2D eigenvalue weighted by Gasteiger charge is -2.13. The standard InChI is InChI=1S/C22H16N2O5S/c25-19-15-20(30(27,28)29-24-13-7-2-8-14-24)17-11-5-6-12-18(17)21(19)23-22(26)16-9-3-1-4-10-16/h1-15H,(H-,23,25,26)/p+1. The summed E-state index contributed by atoms with van der Waals surface area (Å²) in [6.45, 7) is 0. The molecule has 3 aromatic carbocycles. The summed E-state index contributed by atoms with van der Waals surface area (Å²) in [5.41, 5.74) is 0.521. The zero-order valence-electron chi connectivity index (χ0n) is 15.6. The third-order valence-corrected chi connectivity index (χ3v) is 5.65. The molecule has 0 aliphatic heterocycles. The van der Waals surface area contributed by atoms with Crippen molar-refractivity contribution in [2.45, 2.75) is 4.90 Å². The summed E-state index contributed by atoms with van der Waals surface area (Å²) in [6.07, 6.45) is 2.88. The van der Waals surface area contributed by atoms with E-state index in [2.05, 4.69) is 5.32 Å². The monoisotopic (exact) mass is 421 g/mol. The van der Waals surface area contributed by atoms with Gasteiger partial charge in [-0.05, 0) is 12.1 Å². The fourth-order valence-corrected chi connectivity index (χ4v) is 4.14. The molecule has 1 amide bonds. The maximum absolute atomic E-state index is 12.9. The van der Waals surface area contributed by atoms with Gasteiger partial charge >= 0.3 is 10.1 Å². The number of rotatable bonds is 5. The van der Waals surface area contributed by atoms with Gasteiger partial charge in [0.25, 0.3) is 5.91 Å². The van der Waals surface area contributed by atoms with Gasteiger partial charge < -0.3 is 10.4 Å². The van der Waals surface area contributed by atoms with E-state index < -0.39 is 21.8 Å². The molecule has 1 aromatic heterocycles. The summed E-state index contributed by atoms with van der Waals surface area (Å²) in [6, 6.07) is 21.1. The van der Waals surface area contributed by atoms with Crippen LogP contribution in [0, 0.1) is 0 Å². The normalized spacial score (nSPS) is 11.2. The summed E-state index contributed by atoms with van der Waals surface area (Å²) in [5.74, 6) is -0.819. The number of carbonyl (C=O) groups is 1. The number of hydrogen-bond donors (Lipinski definition) is 2. The number of benzene rings is 3. The molecule has 0 aliphatic carbocycles. The van der Waals surface area contributed by atoms with Gasteiger partial charge in [0.1, 0.15) is 10.6 Å². The number of amides is 1. The van der Waals surface area contributed by atoms with E-state index in [9.17, 15) is 18.3 Å². The van der Waals surface area contributed by atoms with Gasteiger partial charge in [-0.2, -0.15) is 8.42 Å². The van der Waals surface area contributed by atoms with E-state index in [0.717, 1.165) is 10.8 Å². The van der Waals surface area contributed by atoms with Crippen molar-refractivity contribution in [2.24, 2.45) is 0 Å². The highest BCUT2D eigenvalue weighted by atomic mass is 32.2. The number of nitrogens with one attached hydrogen (secondary N) is 1. The van der Waals surface area contributed by atoms with Crippen LogP contribution in [0.25, 0.3) is 10.8 Å². The third-order valence-electron chi connectivity index (χ3n) is 4.40. The van der Waals surface area contributed by atoms with Crippen LogP contribution >= 0.6 is 0 Å². The second kappa shape index (κ2) is 7.84. The molecule has 0 aliphatic rings. The minimum Gasteiger partial charge on any atom is -0.506 e. The van der Waals surface area contributed by atoms with E-state index in [4.69, 9.17) is 4.28 Å². The van der Waals surface area contributed by atoms with Crippen LogP contribution in [-0.2, 0) is 10.1 Å². The fraction of sp³-hybridized carbons (Fsp3) is 0. The van der Waals surface area contributed by atoms with E-state index in [0.29, 0.717) is 16.3 Å². The Labute approximate surface area is 172 Å². The highest BCUT2D eigenvalue weighted by Gasteiger charge is 2.27. The Kier molecular flexibility index (Phi) is 5.07. The van der Waals surface area contributed by atoms with Crippen LogP contribution in [0.1, 0.15) is 10.4 Å². The minimum absolute atomic E-state index is 0.116. The topological polar surface area (TPSA) is 96.6 Å². The molecule has 7 nitrogen and oxygen atoms in total. The molecule has 2 N–H and O–H groups in total. The molecule has 30 heavy (non-hydrogen) atoms. The zero-order chi connectivity index (χ0) is 21.1. The van der Waals surface area contributed by atoms with Gasteiger partial charge in [0.15, 0.2) is 0 Å². The number of hydrogen-bond acceptors (Lipinski definition) is 5. The van der Waals surface area contributed by atoms with Crippen molar-refractivity contribution in [3.05, 3.63) is 96.8 Å². The molecule has 4 rings (SSSR count). The van der Waals surface area contributed by atoms with Crippen LogP contribution in [-0.4, -0.2) is 19.4 Å². The van der Waals surface area contributed by atoms with Gasteiger partial charge in [0.2, 0.25) is 12.4 Å². The molecular weight excluding hydrogens is 404 g/mol. The molecule has 0 saturated heterocycles. The summed E-state index contributed by atoms with van der Waals surface area (Å²) in [5, 5.41) is 13.9. The van der Waals surface area contributed by atoms with E-state index in [1.165, 1.54) is 12.4 Å². The van der Waals surface area contributed by atoms with Gasteiger partial charge in [-0.15, -0.1) is 4.28 Å². The molecular formula is C22H17N2O5S+. The predicted molar refractivity (Wildman–Crippen MR) is 110 cm³/mol. The van der Waals surface area contributed by atoms with E-state index >= 15 is 0 Å². The first kappa shape index (κ1) is 19.4. The fourth-order valence-electron chi connectivity index (χ4n) is 3.03. The smallest absolute Gasteiger partial charge is 0.396 e. The van der Waals surface area contributed by atoms with E-state index in [1.54, 1.807) is 72.8 Å². The number of carbonyl (C=O) groups excluding carboxylic acids is 1. The van der Waals surface area contributed by atoms with Crippen LogP contribution in [0.5, 0.6) is 5.75 Å². The summed E-state index contributed by atoms with van der Waals surface area (Å²) >= 11 is 0. The quantitative estimate of drug-likeness (QED) is 0.382. The first-order valence-corrected chi connectivity index (χ1v) is 10.4. The van der Waals surface area contributed by atoms with Crippen molar-refractivity contribution in [1.82, 2.24) is 0 Å². The first-order valence-electron chi connectivity index (χ1n) is 8.98. The van der Waals surface area contributed by atoms with Crippen molar-refractivity contribution in [3.63, 3.8) is 0 Å². The Morgan fingerprint density at radius 3 is 2.17 bits per heavy atom. The average Bonchev–Trinajstić information content (AvgIpc) is 2.76. The Morgan fingerprint density at radius 2 is 1.47 bits per heavy atom. The van der Waals surface area contributed by atoms with Crippen LogP contribution in [0.3, 0.4) is 0 Å². The highest BCUT2D eigenvalue weighted by molar-refractivity contribution is 7.87. The molecule has 0 fully saturated rings. The zero-order valence-corrected chi connectivity index (χ0v) is 16.4. The lowest BCUT2D eigenvalue weighted by molar-refractivity contribution is -0.856. The minimum atomic E-state index is -4.27. The Balaban J connectivity index is 1.79. The van der Waals surface area contributed by atoms with Crippen LogP contribution in [0.15, 0.2) is 96.2 Å². The Morgan fingerprint density at radius 1 is 0.867 bits per heavy atom. The number of phenolic OH excluding ortho intramolecular Hbond substituents is 1. The van der Waals surface area contributed by atoms with Gasteiger partial charge in [0, 0.05) is 39.3 Å². The predicted octanol–water partition coefficient (Wildman–Crippen LogP) is 2.90. The molecule has 0 saturated carbocycles. The molecule has 0 atom stereocenters. The third kappa shape index (κ3) is 3.81.